The minimum atomic E-state index is -3.06. The zero-order valence-electron chi connectivity index (χ0n) is 11.1. The number of hydrogen-bond donors (Lipinski definition) is 1. The molecule has 0 amide bonds. The molecule has 1 saturated carbocycles. The average molecular weight is 262 g/mol. The van der Waals surface area contributed by atoms with Gasteiger partial charge in [-0.25, -0.2) is 8.42 Å². The SMILES string of the molecule is CCCCS(=O)(=O)N(CC)C1CCC(N)CC1. The predicted octanol–water partition coefficient (Wildman–Crippen LogP) is 1.71. The van der Waals surface area contributed by atoms with Crippen LogP contribution in [0.3, 0.4) is 0 Å². The Morgan fingerprint density at radius 1 is 1.18 bits per heavy atom. The Morgan fingerprint density at radius 3 is 2.24 bits per heavy atom. The Hall–Kier alpha value is -0.130. The zero-order valence-corrected chi connectivity index (χ0v) is 11.9. The lowest BCUT2D eigenvalue weighted by Crippen LogP contribution is -2.44. The molecule has 1 rings (SSSR count). The second kappa shape index (κ2) is 6.71. The zero-order chi connectivity index (χ0) is 12.9. The monoisotopic (exact) mass is 262 g/mol. The first-order chi connectivity index (χ1) is 8.01. The molecule has 5 heteroatoms. The highest BCUT2D eigenvalue weighted by Gasteiger charge is 2.30. The van der Waals surface area contributed by atoms with Crippen molar-refractivity contribution in [3.05, 3.63) is 0 Å². The quantitative estimate of drug-likeness (QED) is 0.792. The van der Waals surface area contributed by atoms with Crippen LogP contribution >= 0.6 is 0 Å². The lowest BCUT2D eigenvalue weighted by molar-refractivity contribution is 0.247. The predicted molar refractivity (Wildman–Crippen MR) is 71.3 cm³/mol. The molecule has 0 unspecified atom stereocenters. The fourth-order valence-corrected chi connectivity index (χ4v) is 4.46. The van der Waals surface area contributed by atoms with Crippen molar-refractivity contribution in [2.75, 3.05) is 12.3 Å². The summed E-state index contributed by atoms with van der Waals surface area (Å²) in [7, 11) is -3.06. The van der Waals surface area contributed by atoms with Crippen LogP contribution in [0, 0.1) is 0 Å². The molecule has 0 aliphatic heterocycles. The third kappa shape index (κ3) is 4.23. The van der Waals surface area contributed by atoms with Crippen molar-refractivity contribution in [2.24, 2.45) is 5.73 Å². The van der Waals surface area contributed by atoms with Gasteiger partial charge in [-0.15, -0.1) is 0 Å². The maximum absolute atomic E-state index is 12.2. The van der Waals surface area contributed by atoms with E-state index in [1.165, 1.54) is 0 Å². The van der Waals surface area contributed by atoms with Crippen LogP contribution in [0.2, 0.25) is 0 Å². The Labute approximate surface area is 106 Å². The lowest BCUT2D eigenvalue weighted by Gasteiger charge is -2.34. The first-order valence-electron chi connectivity index (χ1n) is 6.76. The third-order valence-corrected chi connectivity index (χ3v) is 5.65. The second-order valence-corrected chi connectivity index (χ2v) is 6.98. The minimum absolute atomic E-state index is 0.182. The molecule has 0 aromatic heterocycles. The summed E-state index contributed by atoms with van der Waals surface area (Å²) in [5, 5.41) is 0. The van der Waals surface area contributed by atoms with Crippen LogP contribution in [-0.4, -0.2) is 37.1 Å². The van der Waals surface area contributed by atoms with E-state index >= 15 is 0 Å². The van der Waals surface area contributed by atoms with E-state index in [9.17, 15) is 8.42 Å². The van der Waals surface area contributed by atoms with Crippen molar-refractivity contribution in [3.8, 4) is 0 Å². The van der Waals surface area contributed by atoms with Crippen molar-refractivity contribution >= 4 is 10.0 Å². The Balaban J connectivity index is 2.63. The molecule has 1 fully saturated rings. The summed E-state index contributed by atoms with van der Waals surface area (Å²) < 4.78 is 26.1. The summed E-state index contributed by atoms with van der Waals surface area (Å²) in [6, 6.07) is 0.449. The van der Waals surface area contributed by atoms with Crippen LogP contribution in [0.4, 0.5) is 0 Å². The van der Waals surface area contributed by atoms with Gasteiger partial charge in [-0.3, -0.25) is 0 Å². The van der Waals surface area contributed by atoms with Crippen molar-refractivity contribution in [3.63, 3.8) is 0 Å². The topological polar surface area (TPSA) is 63.4 Å². The molecule has 4 nitrogen and oxygen atoms in total. The molecule has 0 saturated heterocycles. The van der Waals surface area contributed by atoms with Gasteiger partial charge in [0.05, 0.1) is 5.75 Å². The van der Waals surface area contributed by atoms with E-state index in [2.05, 4.69) is 0 Å². The largest absolute Gasteiger partial charge is 0.328 e. The molecular weight excluding hydrogens is 236 g/mol. The van der Waals surface area contributed by atoms with Crippen LogP contribution in [-0.2, 0) is 10.0 Å². The van der Waals surface area contributed by atoms with Crippen LogP contribution in [0.25, 0.3) is 0 Å². The van der Waals surface area contributed by atoms with Crippen LogP contribution in [0.1, 0.15) is 52.4 Å². The van der Waals surface area contributed by atoms with Gasteiger partial charge in [0.1, 0.15) is 0 Å². The Bertz CT molecular complexity index is 308. The van der Waals surface area contributed by atoms with Crippen molar-refractivity contribution in [1.82, 2.24) is 4.31 Å². The summed E-state index contributed by atoms with van der Waals surface area (Å²) in [5.41, 5.74) is 5.86. The van der Waals surface area contributed by atoms with E-state index in [-0.39, 0.29) is 12.1 Å². The van der Waals surface area contributed by atoms with Crippen molar-refractivity contribution in [2.45, 2.75) is 64.5 Å². The number of nitrogens with two attached hydrogens (primary N) is 1. The highest BCUT2D eigenvalue weighted by Crippen LogP contribution is 2.24. The van der Waals surface area contributed by atoms with Gasteiger partial charge in [0.15, 0.2) is 0 Å². The fourth-order valence-electron chi connectivity index (χ4n) is 2.52. The van der Waals surface area contributed by atoms with Gasteiger partial charge in [0.2, 0.25) is 10.0 Å². The molecule has 17 heavy (non-hydrogen) atoms. The first kappa shape index (κ1) is 14.9. The first-order valence-corrected chi connectivity index (χ1v) is 8.37. The molecule has 0 radical (unpaired) electrons. The van der Waals surface area contributed by atoms with Crippen molar-refractivity contribution < 1.29 is 8.42 Å². The summed E-state index contributed by atoms with van der Waals surface area (Å²) in [6.07, 6.45) is 5.41. The molecule has 1 aliphatic rings. The number of nitrogens with zero attached hydrogens (tertiary/aromatic N) is 1. The van der Waals surface area contributed by atoms with Crippen LogP contribution < -0.4 is 5.73 Å². The van der Waals surface area contributed by atoms with E-state index < -0.39 is 10.0 Å². The lowest BCUT2D eigenvalue weighted by atomic mass is 9.92. The van der Waals surface area contributed by atoms with E-state index in [0.29, 0.717) is 12.3 Å². The molecule has 2 N–H and O–H groups in total. The second-order valence-electron chi connectivity index (χ2n) is 4.94. The van der Waals surface area contributed by atoms with Gasteiger partial charge >= 0.3 is 0 Å². The van der Waals surface area contributed by atoms with E-state index in [1.807, 2.05) is 13.8 Å². The molecule has 0 atom stereocenters. The van der Waals surface area contributed by atoms with E-state index in [1.54, 1.807) is 4.31 Å². The third-order valence-electron chi connectivity index (χ3n) is 3.57. The van der Waals surface area contributed by atoms with Gasteiger partial charge < -0.3 is 5.73 Å². The summed E-state index contributed by atoms with van der Waals surface area (Å²) in [6.45, 7) is 4.54. The maximum Gasteiger partial charge on any atom is 0.214 e. The minimum Gasteiger partial charge on any atom is -0.328 e. The van der Waals surface area contributed by atoms with Crippen molar-refractivity contribution in [1.29, 1.82) is 0 Å². The average Bonchev–Trinajstić information content (AvgIpc) is 2.30. The fraction of sp³-hybridized carbons (Fsp3) is 1.00. The summed E-state index contributed by atoms with van der Waals surface area (Å²) in [4.78, 5) is 0. The molecule has 1 aliphatic carbocycles. The molecule has 102 valence electrons. The van der Waals surface area contributed by atoms with E-state index in [0.717, 1.165) is 38.5 Å². The molecule has 0 spiro atoms. The Morgan fingerprint density at radius 2 is 1.76 bits per heavy atom. The smallest absolute Gasteiger partial charge is 0.214 e. The molecular formula is C12H26N2O2S. The van der Waals surface area contributed by atoms with Gasteiger partial charge in [-0.2, -0.15) is 4.31 Å². The Kier molecular flexibility index (Phi) is 5.89. The highest BCUT2D eigenvalue weighted by atomic mass is 32.2. The maximum atomic E-state index is 12.2. The van der Waals surface area contributed by atoms with Crippen LogP contribution in [0.15, 0.2) is 0 Å². The summed E-state index contributed by atoms with van der Waals surface area (Å²) >= 11 is 0. The van der Waals surface area contributed by atoms with Gasteiger partial charge in [0.25, 0.3) is 0 Å². The summed E-state index contributed by atoms with van der Waals surface area (Å²) in [5.74, 6) is 0.292. The normalized spacial score (nSPS) is 26.4. The molecule has 0 aromatic rings. The van der Waals surface area contributed by atoms with Crippen LogP contribution in [0.5, 0.6) is 0 Å². The van der Waals surface area contributed by atoms with Gasteiger partial charge in [-0.1, -0.05) is 20.3 Å². The molecule has 0 aromatic carbocycles. The molecule has 0 heterocycles. The standard InChI is InChI=1S/C12H26N2O2S/c1-3-5-10-17(15,16)14(4-2)12-8-6-11(13)7-9-12/h11-12H,3-10,13H2,1-2H3. The molecule has 0 bridgehead atoms. The number of rotatable bonds is 6. The van der Waals surface area contributed by atoms with Gasteiger partial charge in [0, 0.05) is 18.6 Å². The highest BCUT2D eigenvalue weighted by molar-refractivity contribution is 7.89. The number of sulfonamides is 1. The van der Waals surface area contributed by atoms with Gasteiger partial charge in [-0.05, 0) is 32.1 Å². The number of unbranched alkanes of at least 4 members (excludes halogenated alkanes) is 1. The number of hydrogen-bond acceptors (Lipinski definition) is 3. The van der Waals surface area contributed by atoms with E-state index in [4.69, 9.17) is 5.73 Å².